The monoisotopic (exact) mass is 345 g/mol. The van der Waals surface area contributed by atoms with E-state index in [9.17, 15) is 0 Å². The van der Waals surface area contributed by atoms with Gasteiger partial charge in [0.15, 0.2) is 0 Å². The lowest BCUT2D eigenvalue weighted by atomic mass is 9.89. The van der Waals surface area contributed by atoms with Crippen molar-refractivity contribution in [2.45, 2.75) is 44.4 Å². The fourth-order valence-corrected chi connectivity index (χ4v) is 4.71. The third-order valence-electron chi connectivity index (χ3n) is 4.78. The van der Waals surface area contributed by atoms with Crippen molar-refractivity contribution in [2.75, 3.05) is 19.7 Å². The number of aromatic nitrogens is 2. The molecular weight excluding hydrogens is 322 g/mol. The van der Waals surface area contributed by atoms with Crippen LogP contribution in [0.1, 0.15) is 29.0 Å². The quantitative estimate of drug-likeness (QED) is 0.852. The highest BCUT2D eigenvalue weighted by molar-refractivity contribution is 7.11. The van der Waals surface area contributed by atoms with Crippen molar-refractivity contribution in [1.82, 2.24) is 14.9 Å². The van der Waals surface area contributed by atoms with Crippen LogP contribution in [0.4, 0.5) is 0 Å². The van der Waals surface area contributed by atoms with Gasteiger partial charge in [0.25, 0.3) is 0 Å². The number of hydrogen-bond acceptors (Lipinski definition) is 6. The van der Waals surface area contributed by atoms with Crippen molar-refractivity contribution < 1.29 is 9.47 Å². The van der Waals surface area contributed by atoms with E-state index >= 15 is 0 Å². The molecule has 0 saturated carbocycles. The summed E-state index contributed by atoms with van der Waals surface area (Å²) in [4.78, 5) is 13.6. The molecule has 0 amide bonds. The van der Waals surface area contributed by atoms with Crippen LogP contribution in [0.15, 0.2) is 30.6 Å². The van der Waals surface area contributed by atoms with Gasteiger partial charge in [-0.25, -0.2) is 9.97 Å². The molecule has 6 heteroatoms. The average molecular weight is 345 g/mol. The van der Waals surface area contributed by atoms with E-state index in [0.29, 0.717) is 12.6 Å². The molecule has 4 heterocycles. The molecule has 0 aliphatic carbocycles. The number of ether oxygens (including phenoxy) is 2. The van der Waals surface area contributed by atoms with Gasteiger partial charge in [-0.15, -0.1) is 11.3 Å². The molecule has 2 aliphatic heterocycles. The summed E-state index contributed by atoms with van der Waals surface area (Å²) < 4.78 is 12.1. The third kappa shape index (κ3) is 3.61. The Kier molecular flexibility index (Phi) is 4.52. The Morgan fingerprint density at radius 1 is 1.38 bits per heavy atom. The molecule has 2 aromatic heterocycles. The molecule has 0 N–H and O–H groups in total. The van der Waals surface area contributed by atoms with Gasteiger partial charge in [0.2, 0.25) is 0 Å². The van der Waals surface area contributed by atoms with Crippen LogP contribution >= 0.6 is 11.3 Å². The summed E-state index contributed by atoms with van der Waals surface area (Å²) >= 11 is 1.89. The second kappa shape index (κ2) is 6.78. The fraction of sp³-hybridized carbons (Fsp3) is 0.556. The molecule has 0 radical (unpaired) electrons. The van der Waals surface area contributed by atoms with Crippen molar-refractivity contribution >= 4 is 11.3 Å². The zero-order valence-corrected chi connectivity index (χ0v) is 14.8. The van der Waals surface area contributed by atoms with Gasteiger partial charge in [0.05, 0.1) is 12.2 Å². The van der Waals surface area contributed by atoms with E-state index in [1.165, 1.54) is 16.2 Å². The van der Waals surface area contributed by atoms with Crippen LogP contribution < -0.4 is 4.74 Å². The number of hydrogen-bond donors (Lipinski definition) is 0. The van der Waals surface area contributed by atoms with Gasteiger partial charge in [-0.2, -0.15) is 0 Å². The number of thiophene rings is 1. The lowest BCUT2D eigenvalue weighted by molar-refractivity contribution is -0.0536. The smallest absolute Gasteiger partial charge is 0.316 e. The maximum Gasteiger partial charge on any atom is 0.316 e. The molecule has 2 fully saturated rings. The lowest BCUT2D eigenvalue weighted by Crippen LogP contribution is -2.47. The summed E-state index contributed by atoms with van der Waals surface area (Å²) in [5, 5.41) is 0. The Morgan fingerprint density at radius 3 is 3.04 bits per heavy atom. The molecule has 24 heavy (non-hydrogen) atoms. The van der Waals surface area contributed by atoms with E-state index in [4.69, 9.17) is 9.47 Å². The maximum absolute atomic E-state index is 6.22. The van der Waals surface area contributed by atoms with E-state index < -0.39 is 0 Å². The Balaban J connectivity index is 1.36. The summed E-state index contributed by atoms with van der Waals surface area (Å²) in [5.74, 6) is 0. The zero-order valence-electron chi connectivity index (χ0n) is 14.0. The Bertz CT molecular complexity index is 678. The number of aryl methyl sites for hydroxylation is 1. The fourth-order valence-electron chi connectivity index (χ4n) is 3.77. The molecule has 0 unspecified atom stereocenters. The van der Waals surface area contributed by atoms with Crippen LogP contribution in [0.5, 0.6) is 6.01 Å². The largest absolute Gasteiger partial charge is 0.458 e. The van der Waals surface area contributed by atoms with E-state index in [1.54, 1.807) is 18.5 Å². The van der Waals surface area contributed by atoms with Gasteiger partial charge in [-0.1, -0.05) is 0 Å². The third-order valence-corrected chi connectivity index (χ3v) is 5.77. The van der Waals surface area contributed by atoms with Crippen molar-refractivity contribution in [3.63, 3.8) is 0 Å². The number of nitrogens with zero attached hydrogens (tertiary/aromatic N) is 3. The minimum absolute atomic E-state index is 0.0522. The van der Waals surface area contributed by atoms with E-state index in [-0.39, 0.29) is 11.7 Å². The predicted molar refractivity (Wildman–Crippen MR) is 93.3 cm³/mol. The maximum atomic E-state index is 6.22. The van der Waals surface area contributed by atoms with Gasteiger partial charge in [-0.3, -0.25) is 4.90 Å². The highest BCUT2D eigenvalue weighted by atomic mass is 32.1. The molecule has 1 spiro atoms. The summed E-state index contributed by atoms with van der Waals surface area (Å²) in [7, 11) is 0. The van der Waals surface area contributed by atoms with Gasteiger partial charge >= 0.3 is 6.01 Å². The van der Waals surface area contributed by atoms with Gasteiger partial charge in [-0.05, 0) is 44.5 Å². The van der Waals surface area contributed by atoms with Crippen molar-refractivity contribution in [2.24, 2.45) is 0 Å². The second-order valence-corrected chi connectivity index (χ2v) is 8.17. The molecule has 2 aliphatic rings. The first-order chi connectivity index (χ1) is 11.7. The first kappa shape index (κ1) is 16.0. The summed E-state index contributed by atoms with van der Waals surface area (Å²) in [6.45, 7) is 5.95. The molecule has 5 nitrogen and oxygen atoms in total. The van der Waals surface area contributed by atoms with Crippen LogP contribution in [0.25, 0.3) is 0 Å². The first-order valence-electron chi connectivity index (χ1n) is 8.56. The molecule has 0 bridgehead atoms. The number of likely N-dealkylation sites (tertiary alicyclic amines) is 1. The topological polar surface area (TPSA) is 47.5 Å². The molecule has 128 valence electrons. The van der Waals surface area contributed by atoms with Crippen molar-refractivity contribution in [1.29, 1.82) is 0 Å². The minimum atomic E-state index is -0.0655. The van der Waals surface area contributed by atoms with Crippen LogP contribution in [0.2, 0.25) is 0 Å². The Hall–Kier alpha value is -1.50. The lowest BCUT2D eigenvalue weighted by Gasteiger charge is -2.39. The van der Waals surface area contributed by atoms with Crippen LogP contribution in [0, 0.1) is 6.92 Å². The van der Waals surface area contributed by atoms with Crippen LogP contribution in [-0.4, -0.2) is 46.3 Å². The first-order valence-corrected chi connectivity index (χ1v) is 9.38. The van der Waals surface area contributed by atoms with E-state index in [0.717, 1.165) is 32.5 Å². The SMILES string of the molecule is Cc1ccc(CN2CCC[C@@]3(C[C@@H](Oc4ncccn4)CO3)C2)s1. The van der Waals surface area contributed by atoms with Crippen LogP contribution in [0.3, 0.4) is 0 Å². The molecule has 0 aromatic carbocycles. The standard InChI is InChI=1S/C18H23N3O2S/c1-14-4-5-16(24-14)11-21-9-2-6-18(13-21)10-15(12-22-18)23-17-19-7-3-8-20-17/h3-5,7-8,15H,2,6,9-13H2,1H3/t15-,18-/m1/s1. The Morgan fingerprint density at radius 2 is 2.25 bits per heavy atom. The van der Waals surface area contributed by atoms with Crippen LogP contribution in [-0.2, 0) is 11.3 Å². The van der Waals surface area contributed by atoms with Crippen molar-refractivity contribution in [3.05, 3.63) is 40.3 Å². The van der Waals surface area contributed by atoms with Crippen molar-refractivity contribution in [3.8, 4) is 6.01 Å². The van der Waals surface area contributed by atoms with E-state index in [1.807, 2.05) is 11.3 Å². The summed E-state index contributed by atoms with van der Waals surface area (Å²) in [6.07, 6.45) is 6.68. The molecular formula is C18H23N3O2S. The van der Waals surface area contributed by atoms with E-state index in [2.05, 4.69) is 33.9 Å². The second-order valence-electron chi connectivity index (χ2n) is 6.80. The average Bonchev–Trinajstić information content (AvgIpc) is 3.15. The van der Waals surface area contributed by atoms with Gasteiger partial charge in [0, 0.05) is 41.7 Å². The highest BCUT2D eigenvalue weighted by Gasteiger charge is 2.44. The zero-order chi connectivity index (χ0) is 16.4. The Labute approximate surface area is 146 Å². The molecule has 2 aromatic rings. The number of piperidine rings is 1. The predicted octanol–water partition coefficient (Wildman–Crippen LogP) is 3.05. The van der Waals surface area contributed by atoms with Gasteiger partial charge in [0.1, 0.15) is 6.10 Å². The number of rotatable bonds is 4. The highest BCUT2D eigenvalue weighted by Crippen LogP contribution is 2.36. The summed E-state index contributed by atoms with van der Waals surface area (Å²) in [6, 6.07) is 6.69. The van der Waals surface area contributed by atoms with Gasteiger partial charge < -0.3 is 9.47 Å². The molecule has 2 atom stereocenters. The normalized spacial score (nSPS) is 27.6. The molecule has 2 saturated heterocycles. The minimum Gasteiger partial charge on any atom is -0.458 e. The summed E-state index contributed by atoms with van der Waals surface area (Å²) in [5.41, 5.74) is -0.0655. The molecule has 4 rings (SSSR count).